The van der Waals surface area contributed by atoms with Crippen LogP contribution in [0.4, 0.5) is 0 Å². The largest absolute Gasteiger partial charge is 0.486 e. The molecule has 0 saturated heterocycles. The van der Waals surface area contributed by atoms with Crippen molar-refractivity contribution >= 4 is 23.2 Å². The van der Waals surface area contributed by atoms with E-state index in [9.17, 15) is 0 Å². The maximum Gasteiger partial charge on any atom is 0.138 e. The Labute approximate surface area is 123 Å². The lowest BCUT2D eigenvalue weighted by atomic mass is 10.0. The molecule has 0 atom stereocenters. The molecule has 2 aromatic rings. The van der Waals surface area contributed by atoms with Crippen molar-refractivity contribution in [2.24, 2.45) is 0 Å². The third-order valence-electron chi connectivity index (χ3n) is 2.82. The van der Waals surface area contributed by atoms with Gasteiger partial charge < -0.3 is 4.74 Å². The summed E-state index contributed by atoms with van der Waals surface area (Å²) in [6.07, 6.45) is 1.69. The van der Waals surface area contributed by atoms with Gasteiger partial charge >= 0.3 is 0 Å². The van der Waals surface area contributed by atoms with Crippen molar-refractivity contribution in [3.8, 4) is 5.75 Å². The van der Waals surface area contributed by atoms with Gasteiger partial charge in [0.2, 0.25) is 0 Å². The van der Waals surface area contributed by atoms with Gasteiger partial charge in [-0.05, 0) is 35.7 Å². The van der Waals surface area contributed by atoms with E-state index in [1.54, 1.807) is 18.3 Å². The van der Waals surface area contributed by atoms with E-state index >= 15 is 0 Å². The van der Waals surface area contributed by atoms with Crippen LogP contribution in [0, 0.1) is 0 Å². The SMILES string of the molecule is CC(C)c1ccc(OCc2ncccc2Cl)c(Cl)c1. The van der Waals surface area contributed by atoms with E-state index in [0.717, 1.165) is 0 Å². The molecule has 0 aliphatic rings. The monoisotopic (exact) mass is 295 g/mol. The first-order valence-electron chi connectivity index (χ1n) is 6.09. The molecule has 0 saturated carbocycles. The Balaban J connectivity index is 2.10. The Morgan fingerprint density at radius 3 is 2.58 bits per heavy atom. The molecular formula is C15H15Cl2NO. The Hall–Kier alpha value is -1.25. The fourth-order valence-electron chi connectivity index (χ4n) is 1.66. The zero-order valence-electron chi connectivity index (χ0n) is 10.9. The van der Waals surface area contributed by atoms with E-state index in [4.69, 9.17) is 27.9 Å². The number of hydrogen-bond acceptors (Lipinski definition) is 2. The maximum atomic E-state index is 6.20. The highest BCUT2D eigenvalue weighted by molar-refractivity contribution is 6.32. The summed E-state index contributed by atoms with van der Waals surface area (Å²) in [5, 5.41) is 1.20. The number of halogens is 2. The predicted molar refractivity (Wildman–Crippen MR) is 79.1 cm³/mol. The molecule has 1 heterocycles. The first kappa shape index (κ1) is 14.2. The topological polar surface area (TPSA) is 22.1 Å². The van der Waals surface area contributed by atoms with Crippen LogP contribution in [0.3, 0.4) is 0 Å². The summed E-state index contributed by atoms with van der Waals surface area (Å²) in [4.78, 5) is 4.17. The summed E-state index contributed by atoms with van der Waals surface area (Å²) >= 11 is 12.2. The summed E-state index contributed by atoms with van der Waals surface area (Å²) in [5.74, 6) is 1.09. The molecule has 1 aromatic heterocycles. The zero-order chi connectivity index (χ0) is 13.8. The van der Waals surface area contributed by atoms with Gasteiger partial charge in [0.1, 0.15) is 12.4 Å². The first-order chi connectivity index (χ1) is 9.08. The molecule has 0 spiro atoms. The van der Waals surface area contributed by atoms with Gasteiger partial charge in [-0.3, -0.25) is 4.98 Å². The Bertz CT molecular complexity index is 570. The van der Waals surface area contributed by atoms with Crippen LogP contribution in [0.15, 0.2) is 36.5 Å². The molecule has 0 unspecified atom stereocenters. The minimum Gasteiger partial charge on any atom is -0.486 e. The van der Waals surface area contributed by atoms with Crippen LogP contribution >= 0.6 is 23.2 Å². The van der Waals surface area contributed by atoms with Crippen LogP contribution in [0.1, 0.15) is 31.0 Å². The minimum atomic E-state index is 0.306. The van der Waals surface area contributed by atoms with Crippen molar-refractivity contribution in [1.29, 1.82) is 0 Å². The molecule has 19 heavy (non-hydrogen) atoms. The number of hydrogen-bond donors (Lipinski definition) is 0. The standard InChI is InChI=1S/C15H15Cl2NO/c1-10(2)11-5-6-15(13(17)8-11)19-9-14-12(16)4-3-7-18-14/h3-8,10H,9H2,1-2H3. The summed E-state index contributed by atoms with van der Waals surface area (Å²) < 4.78 is 5.66. The number of rotatable bonds is 4. The Morgan fingerprint density at radius 1 is 1.16 bits per heavy atom. The second-order valence-electron chi connectivity index (χ2n) is 4.57. The average Bonchev–Trinajstić information content (AvgIpc) is 2.39. The number of aromatic nitrogens is 1. The van der Waals surface area contributed by atoms with Crippen molar-refractivity contribution in [2.45, 2.75) is 26.4 Å². The molecule has 0 N–H and O–H groups in total. The van der Waals surface area contributed by atoms with Crippen LogP contribution in [0.2, 0.25) is 10.0 Å². The van der Waals surface area contributed by atoms with E-state index in [0.29, 0.717) is 34.0 Å². The van der Waals surface area contributed by atoms with Crippen LogP contribution in [0.5, 0.6) is 5.75 Å². The molecule has 0 aliphatic heterocycles. The van der Waals surface area contributed by atoms with Crippen molar-refractivity contribution in [3.63, 3.8) is 0 Å². The van der Waals surface area contributed by atoms with Crippen molar-refractivity contribution in [1.82, 2.24) is 4.98 Å². The first-order valence-corrected chi connectivity index (χ1v) is 6.85. The minimum absolute atomic E-state index is 0.306. The van der Waals surface area contributed by atoms with Crippen molar-refractivity contribution in [3.05, 3.63) is 57.8 Å². The summed E-state index contributed by atoms with van der Waals surface area (Å²) in [6.45, 7) is 4.56. The Kier molecular flexibility index (Phi) is 4.67. The zero-order valence-corrected chi connectivity index (χ0v) is 12.4. The van der Waals surface area contributed by atoms with Crippen LogP contribution < -0.4 is 4.74 Å². The van der Waals surface area contributed by atoms with E-state index in [-0.39, 0.29) is 0 Å². The quantitative estimate of drug-likeness (QED) is 0.784. The highest BCUT2D eigenvalue weighted by Crippen LogP contribution is 2.29. The fraction of sp³-hybridized carbons (Fsp3) is 0.267. The third kappa shape index (κ3) is 3.62. The molecule has 2 nitrogen and oxygen atoms in total. The lowest BCUT2D eigenvalue weighted by Gasteiger charge is -2.11. The predicted octanol–water partition coefficient (Wildman–Crippen LogP) is 5.09. The maximum absolute atomic E-state index is 6.20. The molecule has 100 valence electrons. The molecule has 0 fully saturated rings. The lowest BCUT2D eigenvalue weighted by Crippen LogP contribution is -1.99. The number of benzene rings is 1. The van der Waals surface area contributed by atoms with Gasteiger partial charge in [0.25, 0.3) is 0 Å². The van der Waals surface area contributed by atoms with Crippen LogP contribution in [-0.4, -0.2) is 4.98 Å². The second kappa shape index (κ2) is 6.27. The van der Waals surface area contributed by atoms with Gasteiger partial charge in [-0.1, -0.05) is 43.1 Å². The van der Waals surface area contributed by atoms with E-state index in [1.165, 1.54) is 5.56 Å². The van der Waals surface area contributed by atoms with Gasteiger partial charge in [0.05, 0.1) is 15.7 Å². The molecule has 4 heteroatoms. The van der Waals surface area contributed by atoms with Crippen molar-refractivity contribution < 1.29 is 4.74 Å². The molecule has 2 rings (SSSR count). The van der Waals surface area contributed by atoms with Gasteiger partial charge in [-0.25, -0.2) is 0 Å². The highest BCUT2D eigenvalue weighted by Gasteiger charge is 2.07. The van der Waals surface area contributed by atoms with E-state index in [1.807, 2.05) is 18.2 Å². The summed E-state index contributed by atoms with van der Waals surface area (Å²) in [7, 11) is 0. The van der Waals surface area contributed by atoms with Crippen LogP contribution in [-0.2, 0) is 6.61 Å². The molecule has 0 radical (unpaired) electrons. The number of nitrogens with zero attached hydrogens (tertiary/aromatic N) is 1. The highest BCUT2D eigenvalue weighted by atomic mass is 35.5. The Morgan fingerprint density at radius 2 is 1.95 bits per heavy atom. The third-order valence-corrected chi connectivity index (χ3v) is 3.46. The molecule has 0 aliphatic carbocycles. The van der Waals surface area contributed by atoms with Gasteiger partial charge in [-0.2, -0.15) is 0 Å². The summed E-state index contributed by atoms with van der Waals surface area (Å²) in [6, 6.07) is 9.41. The van der Waals surface area contributed by atoms with E-state index in [2.05, 4.69) is 18.8 Å². The fourth-order valence-corrected chi connectivity index (χ4v) is 2.08. The number of pyridine rings is 1. The van der Waals surface area contributed by atoms with Gasteiger partial charge in [0, 0.05) is 6.20 Å². The smallest absolute Gasteiger partial charge is 0.138 e. The molecular weight excluding hydrogens is 281 g/mol. The molecule has 0 bridgehead atoms. The molecule has 0 amide bonds. The van der Waals surface area contributed by atoms with Gasteiger partial charge in [-0.15, -0.1) is 0 Å². The second-order valence-corrected chi connectivity index (χ2v) is 5.38. The van der Waals surface area contributed by atoms with Crippen molar-refractivity contribution in [2.75, 3.05) is 0 Å². The average molecular weight is 296 g/mol. The van der Waals surface area contributed by atoms with E-state index < -0.39 is 0 Å². The summed E-state index contributed by atoms with van der Waals surface area (Å²) in [5.41, 5.74) is 1.89. The van der Waals surface area contributed by atoms with Crippen LogP contribution in [0.25, 0.3) is 0 Å². The number of ether oxygens (including phenoxy) is 1. The normalized spacial score (nSPS) is 10.8. The molecule has 1 aromatic carbocycles. The lowest BCUT2D eigenvalue weighted by molar-refractivity contribution is 0.301. The van der Waals surface area contributed by atoms with Gasteiger partial charge in [0.15, 0.2) is 0 Å².